The summed E-state index contributed by atoms with van der Waals surface area (Å²) in [5, 5.41) is 9.56. The van der Waals surface area contributed by atoms with Gasteiger partial charge >= 0.3 is 5.97 Å². The van der Waals surface area contributed by atoms with Gasteiger partial charge in [-0.3, -0.25) is 9.59 Å². The minimum absolute atomic E-state index is 0.109. The Labute approximate surface area is 124 Å². The van der Waals surface area contributed by atoms with Gasteiger partial charge in [-0.15, -0.1) is 0 Å². The maximum Gasteiger partial charge on any atom is 0.308 e. The molecule has 2 aliphatic rings. The standard InChI is InChI=1S/C17H21NO3/c1-10-3-4-12(9-11(10)2)16-14(17(20)21)7-8-15(19)18(16)13-5-6-13/h3-4,9,13-14,16H,5-8H2,1-2H3,(H,20,21). The van der Waals surface area contributed by atoms with Crippen molar-refractivity contribution in [3.63, 3.8) is 0 Å². The van der Waals surface area contributed by atoms with Crippen molar-refractivity contribution in [3.05, 3.63) is 34.9 Å². The van der Waals surface area contributed by atoms with E-state index >= 15 is 0 Å². The number of carbonyl (C=O) groups excluding carboxylic acids is 1. The van der Waals surface area contributed by atoms with Gasteiger partial charge in [0.15, 0.2) is 0 Å². The number of likely N-dealkylation sites (tertiary alicyclic amines) is 1. The van der Waals surface area contributed by atoms with E-state index in [4.69, 9.17) is 0 Å². The van der Waals surface area contributed by atoms with E-state index in [2.05, 4.69) is 0 Å². The molecule has 1 saturated carbocycles. The van der Waals surface area contributed by atoms with Crippen molar-refractivity contribution in [2.24, 2.45) is 5.92 Å². The van der Waals surface area contributed by atoms with E-state index in [0.717, 1.165) is 24.0 Å². The molecule has 0 spiro atoms. The molecule has 0 aromatic heterocycles. The van der Waals surface area contributed by atoms with Crippen LogP contribution < -0.4 is 0 Å². The highest BCUT2D eigenvalue weighted by atomic mass is 16.4. The fourth-order valence-electron chi connectivity index (χ4n) is 3.30. The van der Waals surface area contributed by atoms with Crippen LogP contribution in [0.3, 0.4) is 0 Å². The number of nitrogens with zero attached hydrogens (tertiary/aromatic N) is 1. The molecule has 1 aromatic carbocycles. The quantitative estimate of drug-likeness (QED) is 0.930. The fraction of sp³-hybridized carbons (Fsp3) is 0.529. The van der Waals surface area contributed by atoms with Crippen LogP contribution in [0.2, 0.25) is 0 Å². The predicted octanol–water partition coefficient (Wildman–Crippen LogP) is 2.83. The van der Waals surface area contributed by atoms with E-state index in [0.29, 0.717) is 12.8 Å². The van der Waals surface area contributed by atoms with Gasteiger partial charge in [0.1, 0.15) is 0 Å². The zero-order chi connectivity index (χ0) is 15.1. The molecule has 0 radical (unpaired) electrons. The molecular formula is C17H21NO3. The minimum atomic E-state index is -0.795. The third kappa shape index (κ3) is 2.55. The Morgan fingerprint density at radius 1 is 1.19 bits per heavy atom. The van der Waals surface area contributed by atoms with Gasteiger partial charge in [0.25, 0.3) is 0 Å². The van der Waals surface area contributed by atoms with Crippen LogP contribution in [0.5, 0.6) is 0 Å². The minimum Gasteiger partial charge on any atom is -0.481 e. The summed E-state index contributed by atoms with van der Waals surface area (Å²) in [6.07, 6.45) is 2.79. The van der Waals surface area contributed by atoms with Crippen molar-refractivity contribution in [1.82, 2.24) is 4.90 Å². The Balaban J connectivity index is 2.03. The lowest BCUT2D eigenvalue weighted by molar-refractivity contribution is -0.152. The smallest absolute Gasteiger partial charge is 0.308 e. The van der Waals surface area contributed by atoms with Gasteiger partial charge in [-0.2, -0.15) is 0 Å². The van der Waals surface area contributed by atoms with Gasteiger partial charge in [0.2, 0.25) is 5.91 Å². The Morgan fingerprint density at radius 2 is 1.90 bits per heavy atom. The van der Waals surface area contributed by atoms with Gasteiger partial charge in [0, 0.05) is 12.5 Å². The maximum absolute atomic E-state index is 12.3. The first-order valence-corrected chi connectivity index (χ1v) is 7.60. The van der Waals surface area contributed by atoms with Gasteiger partial charge < -0.3 is 10.0 Å². The zero-order valence-electron chi connectivity index (χ0n) is 12.5. The molecule has 1 amide bonds. The first-order chi connectivity index (χ1) is 9.99. The molecule has 4 nitrogen and oxygen atoms in total. The van der Waals surface area contributed by atoms with Crippen LogP contribution in [0, 0.1) is 19.8 Å². The number of benzene rings is 1. The molecule has 112 valence electrons. The van der Waals surface area contributed by atoms with E-state index in [1.165, 1.54) is 5.56 Å². The van der Waals surface area contributed by atoms with Crippen LogP contribution >= 0.6 is 0 Å². The van der Waals surface area contributed by atoms with E-state index in [-0.39, 0.29) is 18.0 Å². The average Bonchev–Trinajstić information content (AvgIpc) is 3.25. The molecule has 21 heavy (non-hydrogen) atoms. The topological polar surface area (TPSA) is 57.6 Å². The average molecular weight is 287 g/mol. The molecule has 1 N–H and O–H groups in total. The first kappa shape index (κ1) is 14.1. The van der Waals surface area contributed by atoms with Crippen molar-refractivity contribution in [2.45, 2.75) is 51.6 Å². The highest BCUT2D eigenvalue weighted by Gasteiger charge is 2.46. The number of rotatable bonds is 3. The number of carbonyl (C=O) groups is 2. The molecule has 2 unspecified atom stereocenters. The van der Waals surface area contributed by atoms with Crippen LogP contribution in [0.4, 0.5) is 0 Å². The summed E-state index contributed by atoms with van der Waals surface area (Å²) >= 11 is 0. The number of carboxylic acids is 1. The summed E-state index contributed by atoms with van der Waals surface area (Å²) < 4.78 is 0. The number of piperidine rings is 1. The predicted molar refractivity (Wildman–Crippen MR) is 78.9 cm³/mol. The summed E-state index contributed by atoms with van der Waals surface area (Å²) in [5.41, 5.74) is 3.29. The molecule has 1 aromatic rings. The molecule has 1 aliphatic heterocycles. The maximum atomic E-state index is 12.3. The van der Waals surface area contributed by atoms with Crippen LogP contribution in [-0.4, -0.2) is 27.9 Å². The Kier molecular flexibility index (Phi) is 3.47. The van der Waals surface area contributed by atoms with Crippen molar-refractivity contribution in [2.75, 3.05) is 0 Å². The summed E-state index contributed by atoms with van der Waals surface area (Å²) in [6.45, 7) is 4.07. The highest BCUT2D eigenvalue weighted by Crippen LogP contribution is 2.43. The largest absolute Gasteiger partial charge is 0.481 e. The van der Waals surface area contributed by atoms with Gasteiger partial charge in [-0.1, -0.05) is 18.2 Å². The summed E-state index contributed by atoms with van der Waals surface area (Å²) in [7, 11) is 0. The molecule has 1 aliphatic carbocycles. The van der Waals surface area contributed by atoms with Gasteiger partial charge in [0.05, 0.1) is 12.0 Å². The summed E-state index contributed by atoms with van der Waals surface area (Å²) in [4.78, 5) is 25.8. The van der Waals surface area contributed by atoms with Crippen LogP contribution in [0.15, 0.2) is 18.2 Å². The first-order valence-electron chi connectivity index (χ1n) is 7.60. The van der Waals surface area contributed by atoms with Crippen molar-refractivity contribution in [1.29, 1.82) is 0 Å². The fourth-order valence-corrected chi connectivity index (χ4v) is 3.30. The second-order valence-corrected chi connectivity index (χ2v) is 6.30. The molecule has 1 heterocycles. The van der Waals surface area contributed by atoms with E-state index in [1.54, 1.807) is 0 Å². The number of aliphatic carboxylic acids is 1. The van der Waals surface area contributed by atoms with E-state index < -0.39 is 11.9 Å². The number of amides is 1. The third-order valence-corrected chi connectivity index (χ3v) is 4.77. The van der Waals surface area contributed by atoms with Crippen molar-refractivity contribution >= 4 is 11.9 Å². The molecule has 2 fully saturated rings. The highest BCUT2D eigenvalue weighted by molar-refractivity contribution is 5.82. The van der Waals surface area contributed by atoms with E-state index in [9.17, 15) is 14.7 Å². The molecule has 0 bridgehead atoms. The number of carboxylic acid groups (broad SMARTS) is 1. The third-order valence-electron chi connectivity index (χ3n) is 4.77. The molecule has 3 rings (SSSR count). The zero-order valence-corrected chi connectivity index (χ0v) is 12.5. The van der Waals surface area contributed by atoms with Crippen LogP contribution in [-0.2, 0) is 9.59 Å². The van der Waals surface area contributed by atoms with Crippen molar-refractivity contribution < 1.29 is 14.7 Å². The normalized spacial score (nSPS) is 26.0. The molecule has 4 heteroatoms. The Bertz CT molecular complexity index is 592. The Hall–Kier alpha value is -1.84. The lowest BCUT2D eigenvalue weighted by atomic mass is 9.83. The van der Waals surface area contributed by atoms with Crippen molar-refractivity contribution in [3.8, 4) is 0 Å². The van der Waals surface area contributed by atoms with Gasteiger partial charge in [-0.05, 0) is 49.8 Å². The SMILES string of the molecule is Cc1ccc(C2C(C(=O)O)CCC(=O)N2C2CC2)cc1C. The Morgan fingerprint density at radius 3 is 2.48 bits per heavy atom. The lowest BCUT2D eigenvalue weighted by Crippen LogP contribution is -2.46. The summed E-state index contributed by atoms with van der Waals surface area (Å²) in [6, 6.07) is 5.98. The number of hydrogen-bond donors (Lipinski definition) is 1. The summed E-state index contributed by atoms with van der Waals surface area (Å²) in [5.74, 6) is -1.18. The van der Waals surface area contributed by atoms with Gasteiger partial charge in [-0.25, -0.2) is 0 Å². The van der Waals surface area contributed by atoms with E-state index in [1.807, 2.05) is 36.9 Å². The second-order valence-electron chi connectivity index (χ2n) is 6.30. The number of hydrogen-bond acceptors (Lipinski definition) is 2. The molecule has 1 saturated heterocycles. The monoisotopic (exact) mass is 287 g/mol. The van der Waals surface area contributed by atoms with Crippen LogP contribution in [0.25, 0.3) is 0 Å². The molecule has 2 atom stereocenters. The molecular weight excluding hydrogens is 266 g/mol. The number of aryl methyl sites for hydroxylation is 2. The second kappa shape index (κ2) is 5.17. The lowest BCUT2D eigenvalue weighted by Gasteiger charge is -2.40. The van der Waals surface area contributed by atoms with Crippen LogP contribution in [0.1, 0.15) is 48.4 Å².